The van der Waals surface area contributed by atoms with E-state index in [1.165, 1.54) is 11.1 Å². The number of hydrogen-bond acceptors (Lipinski definition) is 2. The van der Waals surface area contributed by atoms with Crippen LogP contribution in [0.15, 0.2) is 158 Å². The van der Waals surface area contributed by atoms with Gasteiger partial charge in [0.25, 0.3) is 0 Å². The van der Waals surface area contributed by atoms with E-state index >= 15 is 0 Å². The van der Waals surface area contributed by atoms with Gasteiger partial charge >= 0.3 is 0 Å². The summed E-state index contributed by atoms with van der Waals surface area (Å²) in [6, 6.07) is 52.0. The minimum absolute atomic E-state index is 0.837. The molecule has 42 heavy (non-hydrogen) atoms. The first-order chi connectivity index (χ1) is 20.6. The summed E-state index contributed by atoms with van der Waals surface area (Å²) < 4.78 is 29.9. The van der Waals surface area contributed by atoms with Crippen LogP contribution in [0, 0.1) is 0 Å². The lowest BCUT2D eigenvalue weighted by Crippen LogP contribution is -2.26. The highest BCUT2D eigenvalue weighted by Crippen LogP contribution is 2.46. The molecule has 0 heterocycles. The van der Waals surface area contributed by atoms with Crippen molar-refractivity contribution >= 4 is 46.1 Å². The number of hydrogen-bond donors (Lipinski definition) is 0. The van der Waals surface area contributed by atoms with Crippen molar-refractivity contribution in [3.63, 3.8) is 0 Å². The average molecular weight is 581 g/mol. The molecule has 0 N–H and O–H groups in total. The van der Waals surface area contributed by atoms with Gasteiger partial charge in [0, 0.05) is 31.8 Å². The highest BCUT2D eigenvalue weighted by molar-refractivity contribution is 7.85. The summed E-state index contributed by atoms with van der Waals surface area (Å²) in [6.07, 6.45) is 1.67. The van der Waals surface area contributed by atoms with E-state index in [2.05, 4.69) is 24.3 Å². The second-order valence-corrected chi connectivity index (χ2v) is 16.3. The number of benzene rings is 6. The molecule has 0 spiro atoms. The molecule has 0 fully saturated rings. The summed E-state index contributed by atoms with van der Waals surface area (Å²) >= 11 is 0. The van der Waals surface area contributed by atoms with Gasteiger partial charge in [-0.25, -0.2) is 0 Å². The molecule has 0 amide bonds. The van der Waals surface area contributed by atoms with E-state index in [1.54, 1.807) is 0 Å². The van der Waals surface area contributed by atoms with Crippen LogP contribution < -0.4 is 31.8 Å². The Hall–Kier alpha value is -4.22. The summed E-state index contributed by atoms with van der Waals surface area (Å²) in [6.45, 7) is 0. The number of fused-ring (bicyclic) bond motifs is 3. The molecular formula is C38H30O2P2. The lowest BCUT2D eigenvalue weighted by atomic mass is 9.86. The Morgan fingerprint density at radius 1 is 0.333 bits per heavy atom. The summed E-state index contributed by atoms with van der Waals surface area (Å²) in [5.74, 6) is 0. The molecule has 0 radical (unpaired) electrons. The molecule has 1 aliphatic rings. The summed E-state index contributed by atoms with van der Waals surface area (Å²) in [5.41, 5.74) is 4.73. The van der Waals surface area contributed by atoms with Crippen molar-refractivity contribution in [3.8, 4) is 11.1 Å². The van der Waals surface area contributed by atoms with E-state index in [0.29, 0.717) is 0 Å². The van der Waals surface area contributed by atoms with Gasteiger partial charge in [-0.2, -0.15) is 0 Å². The third kappa shape index (κ3) is 4.44. The van der Waals surface area contributed by atoms with Crippen molar-refractivity contribution < 1.29 is 9.13 Å². The molecule has 6 aromatic rings. The van der Waals surface area contributed by atoms with E-state index in [0.717, 1.165) is 55.8 Å². The monoisotopic (exact) mass is 580 g/mol. The van der Waals surface area contributed by atoms with Crippen LogP contribution in [0.1, 0.15) is 11.1 Å². The highest BCUT2D eigenvalue weighted by Gasteiger charge is 2.33. The van der Waals surface area contributed by atoms with Gasteiger partial charge in [-0.1, -0.05) is 146 Å². The Bertz CT molecular complexity index is 1740. The highest BCUT2D eigenvalue weighted by atomic mass is 31.2. The molecule has 0 unspecified atom stereocenters. The minimum Gasteiger partial charge on any atom is -0.309 e. The maximum Gasteiger partial charge on any atom is 0.171 e. The van der Waals surface area contributed by atoms with Crippen LogP contribution >= 0.6 is 14.3 Å². The van der Waals surface area contributed by atoms with E-state index < -0.39 is 14.3 Å². The summed E-state index contributed by atoms with van der Waals surface area (Å²) in [7, 11) is -6.08. The third-order valence-electron chi connectivity index (χ3n) is 8.34. The van der Waals surface area contributed by atoms with Gasteiger partial charge < -0.3 is 9.13 Å². The third-order valence-corrected chi connectivity index (χ3v) is 14.5. The van der Waals surface area contributed by atoms with Gasteiger partial charge in [0.2, 0.25) is 0 Å². The molecule has 0 saturated carbocycles. The Kier molecular flexibility index (Phi) is 6.91. The second kappa shape index (κ2) is 10.9. The first kappa shape index (κ1) is 26.7. The molecule has 6 aromatic carbocycles. The van der Waals surface area contributed by atoms with Crippen LogP contribution in [-0.2, 0) is 22.0 Å². The van der Waals surface area contributed by atoms with Crippen LogP contribution in [0.4, 0.5) is 0 Å². The van der Waals surface area contributed by atoms with E-state index in [1.807, 2.05) is 133 Å². The largest absolute Gasteiger partial charge is 0.309 e. The van der Waals surface area contributed by atoms with Crippen molar-refractivity contribution in [2.45, 2.75) is 12.8 Å². The Labute approximate surface area is 247 Å². The lowest BCUT2D eigenvalue weighted by molar-refractivity contribution is 0.591. The van der Waals surface area contributed by atoms with Crippen LogP contribution in [0.2, 0.25) is 0 Å². The fraction of sp³-hybridized carbons (Fsp3) is 0.0526. The molecule has 0 saturated heterocycles. The lowest BCUT2D eigenvalue weighted by Gasteiger charge is -2.26. The SMILES string of the molecule is O=P(c1ccccc1)(c1ccccc1)c1ccc2c(c1)CCc1cc(P(=O)(c3ccccc3)c3ccccc3)ccc1-2. The molecular weight excluding hydrogens is 550 g/mol. The van der Waals surface area contributed by atoms with Gasteiger partial charge in [-0.3, -0.25) is 0 Å². The zero-order valence-electron chi connectivity index (χ0n) is 23.1. The topological polar surface area (TPSA) is 34.1 Å². The minimum atomic E-state index is -3.04. The first-order valence-electron chi connectivity index (χ1n) is 14.3. The second-order valence-electron chi connectivity index (χ2n) is 10.7. The molecule has 0 aliphatic heterocycles. The quantitative estimate of drug-likeness (QED) is 0.205. The van der Waals surface area contributed by atoms with Gasteiger partial charge in [0.1, 0.15) is 0 Å². The van der Waals surface area contributed by atoms with Crippen molar-refractivity contribution in [2.24, 2.45) is 0 Å². The van der Waals surface area contributed by atoms with Crippen LogP contribution in [0.5, 0.6) is 0 Å². The number of aryl methyl sites for hydroxylation is 2. The molecule has 1 aliphatic carbocycles. The predicted molar refractivity (Wildman–Crippen MR) is 178 cm³/mol. The summed E-state index contributed by atoms with van der Waals surface area (Å²) in [4.78, 5) is 0. The molecule has 0 atom stereocenters. The van der Waals surface area contributed by atoms with E-state index in [4.69, 9.17) is 0 Å². The first-order valence-corrected chi connectivity index (χ1v) is 17.7. The van der Waals surface area contributed by atoms with E-state index in [-0.39, 0.29) is 0 Å². The Morgan fingerprint density at radius 2 is 0.619 bits per heavy atom. The Balaban J connectivity index is 1.33. The normalized spacial score (nSPS) is 12.8. The molecule has 0 aromatic heterocycles. The number of rotatable bonds is 6. The van der Waals surface area contributed by atoms with Gasteiger partial charge in [0.05, 0.1) is 0 Å². The van der Waals surface area contributed by atoms with Crippen molar-refractivity contribution in [1.82, 2.24) is 0 Å². The molecule has 4 heteroatoms. The zero-order valence-corrected chi connectivity index (χ0v) is 24.9. The van der Waals surface area contributed by atoms with E-state index in [9.17, 15) is 9.13 Å². The van der Waals surface area contributed by atoms with Crippen molar-refractivity contribution in [1.29, 1.82) is 0 Å². The van der Waals surface area contributed by atoms with Gasteiger partial charge in [-0.15, -0.1) is 0 Å². The molecule has 204 valence electrons. The standard InChI is InChI=1S/C38H30O2P2/c39-41(31-13-5-1-6-14-31,32-15-7-2-8-16-32)35-23-25-37-29(27-35)21-22-30-28-36(24-26-38(30)37)42(40,33-17-9-3-10-18-33)34-19-11-4-12-20-34/h1-20,23-28H,21-22H2. The fourth-order valence-electron chi connectivity index (χ4n) is 6.21. The predicted octanol–water partition coefficient (Wildman–Crippen LogP) is 6.73. The average Bonchev–Trinajstić information content (AvgIpc) is 3.08. The summed E-state index contributed by atoms with van der Waals surface area (Å²) in [5, 5.41) is 5.08. The molecule has 7 rings (SSSR count). The zero-order chi connectivity index (χ0) is 28.6. The van der Waals surface area contributed by atoms with Gasteiger partial charge in [-0.05, 0) is 47.2 Å². The maximum atomic E-state index is 14.9. The van der Waals surface area contributed by atoms with Crippen LogP contribution in [-0.4, -0.2) is 0 Å². The maximum absolute atomic E-state index is 14.9. The van der Waals surface area contributed by atoms with Gasteiger partial charge in [0.15, 0.2) is 14.3 Å². The smallest absolute Gasteiger partial charge is 0.171 e. The Morgan fingerprint density at radius 3 is 0.905 bits per heavy atom. The fourth-order valence-corrected chi connectivity index (χ4v) is 11.6. The van der Waals surface area contributed by atoms with Crippen molar-refractivity contribution in [3.05, 3.63) is 169 Å². The molecule has 2 nitrogen and oxygen atoms in total. The van der Waals surface area contributed by atoms with Crippen LogP contribution in [0.25, 0.3) is 11.1 Å². The van der Waals surface area contributed by atoms with Crippen LogP contribution in [0.3, 0.4) is 0 Å². The van der Waals surface area contributed by atoms with Crippen molar-refractivity contribution in [2.75, 3.05) is 0 Å². The molecule has 0 bridgehead atoms.